The number of hydrogen-bond donors (Lipinski definition) is 1. The zero-order chi connectivity index (χ0) is 20.1. The highest BCUT2D eigenvalue weighted by atomic mass is 79.9. The van der Waals surface area contributed by atoms with Gasteiger partial charge in [0, 0.05) is 37.9 Å². The Labute approximate surface area is 192 Å². The molecule has 6 heteroatoms. The highest BCUT2D eigenvalue weighted by Crippen LogP contribution is 2.34. The molecular weight excluding hydrogens is 525 g/mol. The summed E-state index contributed by atoms with van der Waals surface area (Å²) in [5.41, 5.74) is 4.31. The first-order chi connectivity index (χ1) is 13.5. The average Bonchev–Trinajstić information content (AvgIpc) is 2.67. The third-order valence-corrected chi connectivity index (χ3v) is 5.95. The van der Waals surface area contributed by atoms with Crippen LogP contribution < -0.4 is 10.1 Å². The average molecular weight is 544 g/mol. The van der Waals surface area contributed by atoms with Crippen LogP contribution in [0.15, 0.2) is 63.5 Å². The van der Waals surface area contributed by atoms with Crippen LogP contribution in [0.25, 0.3) is 0 Å². The second-order valence-corrected chi connectivity index (χ2v) is 8.92. The molecule has 3 aromatic rings. The Bertz CT molecular complexity index is 961. The van der Waals surface area contributed by atoms with Crippen molar-refractivity contribution >= 4 is 60.7 Å². The zero-order valence-electron chi connectivity index (χ0n) is 15.2. The van der Waals surface area contributed by atoms with Gasteiger partial charge in [-0.2, -0.15) is 0 Å². The fourth-order valence-electron chi connectivity index (χ4n) is 2.75. The monoisotopic (exact) mass is 541 g/mol. The Kier molecular flexibility index (Phi) is 7.69. The van der Waals surface area contributed by atoms with Crippen molar-refractivity contribution in [2.24, 2.45) is 0 Å². The first-order valence-corrected chi connectivity index (χ1v) is 11.2. The Morgan fingerprint density at radius 2 is 1.68 bits per heavy atom. The Hall–Kier alpha value is -1.20. The number of aryl methyl sites for hydroxylation is 1. The van der Waals surface area contributed by atoms with Crippen LogP contribution in [0.1, 0.15) is 23.6 Å². The van der Waals surface area contributed by atoms with Crippen LogP contribution in [0.4, 0.5) is 5.69 Å². The van der Waals surface area contributed by atoms with Gasteiger partial charge in [-0.05, 0) is 64.3 Å². The maximum atomic E-state index is 6.27. The molecule has 0 bridgehead atoms. The minimum atomic E-state index is 0.356. The number of anilines is 1. The summed E-state index contributed by atoms with van der Waals surface area (Å²) in [6, 6.07) is 17.9. The molecule has 0 saturated carbocycles. The van der Waals surface area contributed by atoms with Gasteiger partial charge < -0.3 is 10.1 Å². The normalized spacial score (nSPS) is 10.8. The second-order valence-electron chi connectivity index (χ2n) is 6.30. The standard InChI is InChI=1S/C22H19Br2Cl2NO/c1-2-14-3-7-19(8-4-14)27-12-16-9-17(23)10-20(24)22(16)28-13-15-5-6-18(25)11-21(15)26/h3-11,27H,2,12-13H2,1H3. The minimum Gasteiger partial charge on any atom is -0.487 e. The minimum absolute atomic E-state index is 0.356. The molecular formula is C22H19Br2Cl2NO. The molecule has 0 aliphatic rings. The van der Waals surface area contributed by atoms with Crippen LogP contribution in [0.3, 0.4) is 0 Å². The van der Waals surface area contributed by atoms with E-state index in [-0.39, 0.29) is 0 Å². The molecule has 3 aromatic carbocycles. The fraction of sp³-hybridized carbons (Fsp3) is 0.182. The van der Waals surface area contributed by atoms with Crippen molar-refractivity contribution in [2.75, 3.05) is 5.32 Å². The molecule has 0 heterocycles. The molecule has 0 fully saturated rings. The van der Waals surface area contributed by atoms with Gasteiger partial charge in [-0.3, -0.25) is 0 Å². The lowest BCUT2D eigenvalue weighted by molar-refractivity contribution is 0.301. The van der Waals surface area contributed by atoms with Crippen LogP contribution in [-0.2, 0) is 19.6 Å². The lowest BCUT2D eigenvalue weighted by Gasteiger charge is -2.16. The number of rotatable bonds is 7. The van der Waals surface area contributed by atoms with E-state index < -0.39 is 0 Å². The van der Waals surface area contributed by atoms with Crippen molar-refractivity contribution in [3.05, 3.63) is 90.3 Å². The molecule has 0 aliphatic heterocycles. The molecule has 0 amide bonds. The van der Waals surface area contributed by atoms with Gasteiger partial charge >= 0.3 is 0 Å². The summed E-state index contributed by atoms with van der Waals surface area (Å²) in [6.45, 7) is 3.14. The molecule has 0 aromatic heterocycles. The number of benzene rings is 3. The molecule has 0 spiro atoms. The lowest BCUT2D eigenvalue weighted by atomic mass is 10.1. The summed E-state index contributed by atoms with van der Waals surface area (Å²) in [5, 5.41) is 4.66. The predicted molar refractivity (Wildman–Crippen MR) is 126 cm³/mol. The molecule has 28 heavy (non-hydrogen) atoms. The van der Waals surface area contributed by atoms with E-state index in [4.69, 9.17) is 27.9 Å². The van der Waals surface area contributed by atoms with Gasteiger partial charge in [-0.15, -0.1) is 0 Å². The van der Waals surface area contributed by atoms with E-state index >= 15 is 0 Å². The molecule has 0 saturated heterocycles. The number of ether oxygens (including phenoxy) is 1. The predicted octanol–water partition coefficient (Wildman–Crippen LogP) is 8.27. The van der Waals surface area contributed by atoms with Gasteiger partial charge in [0.15, 0.2) is 0 Å². The molecule has 0 atom stereocenters. The van der Waals surface area contributed by atoms with Crippen molar-refractivity contribution in [1.82, 2.24) is 0 Å². The summed E-state index contributed by atoms with van der Waals surface area (Å²) < 4.78 is 7.98. The third-order valence-electron chi connectivity index (χ3n) is 4.32. The van der Waals surface area contributed by atoms with E-state index in [9.17, 15) is 0 Å². The smallest absolute Gasteiger partial charge is 0.139 e. The summed E-state index contributed by atoms with van der Waals surface area (Å²) in [4.78, 5) is 0. The summed E-state index contributed by atoms with van der Waals surface area (Å²) >= 11 is 19.4. The molecule has 3 rings (SSSR count). The van der Waals surface area contributed by atoms with Gasteiger partial charge in [0.25, 0.3) is 0 Å². The van der Waals surface area contributed by atoms with E-state index in [0.717, 1.165) is 37.9 Å². The molecule has 2 nitrogen and oxygen atoms in total. The highest BCUT2D eigenvalue weighted by Gasteiger charge is 2.12. The van der Waals surface area contributed by atoms with E-state index in [1.54, 1.807) is 6.07 Å². The first-order valence-electron chi connectivity index (χ1n) is 8.83. The number of hydrogen-bond acceptors (Lipinski definition) is 2. The van der Waals surface area contributed by atoms with Crippen LogP contribution in [0.2, 0.25) is 10.0 Å². The van der Waals surface area contributed by atoms with Gasteiger partial charge in [0.2, 0.25) is 0 Å². The molecule has 1 N–H and O–H groups in total. The fourth-order valence-corrected chi connectivity index (χ4v) is 4.64. The quantitative estimate of drug-likeness (QED) is 0.324. The van der Waals surface area contributed by atoms with E-state index in [0.29, 0.717) is 23.2 Å². The SMILES string of the molecule is CCc1ccc(NCc2cc(Br)cc(Br)c2OCc2ccc(Cl)cc2Cl)cc1. The van der Waals surface area contributed by atoms with Gasteiger partial charge in [0.1, 0.15) is 12.4 Å². The van der Waals surface area contributed by atoms with Crippen molar-refractivity contribution in [1.29, 1.82) is 0 Å². The molecule has 0 radical (unpaired) electrons. The van der Waals surface area contributed by atoms with E-state index in [2.05, 4.69) is 74.4 Å². The highest BCUT2D eigenvalue weighted by molar-refractivity contribution is 9.11. The van der Waals surface area contributed by atoms with Crippen molar-refractivity contribution in [3.63, 3.8) is 0 Å². The second kappa shape index (κ2) is 10.0. The molecule has 0 unspecified atom stereocenters. The Morgan fingerprint density at radius 3 is 2.36 bits per heavy atom. The van der Waals surface area contributed by atoms with Gasteiger partial charge in [-0.1, -0.05) is 64.3 Å². The maximum absolute atomic E-state index is 6.27. The van der Waals surface area contributed by atoms with Crippen LogP contribution >= 0.6 is 55.1 Å². The van der Waals surface area contributed by atoms with Crippen molar-refractivity contribution in [3.8, 4) is 5.75 Å². The topological polar surface area (TPSA) is 21.3 Å². The number of nitrogens with one attached hydrogen (secondary N) is 1. The Morgan fingerprint density at radius 1 is 0.929 bits per heavy atom. The summed E-state index contributed by atoms with van der Waals surface area (Å²) in [5.74, 6) is 0.784. The third kappa shape index (κ3) is 5.66. The Balaban J connectivity index is 1.76. The van der Waals surface area contributed by atoms with Gasteiger partial charge in [-0.25, -0.2) is 0 Å². The first kappa shape index (κ1) is 21.5. The van der Waals surface area contributed by atoms with E-state index in [1.165, 1.54) is 5.56 Å². The lowest BCUT2D eigenvalue weighted by Crippen LogP contribution is -2.05. The summed E-state index contributed by atoms with van der Waals surface area (Å²) in [7, 11) is 0. The maximum Gasteiger partial charge on any atom is 0.139 e. The van der Waals surface area contributed by atoms with E-state index in [1.807, 2.05) is 18.2 Å². The van der Waals surface area contributed by atoms with Crippen molar-refractivity contribution in [2.45, 2.75) is 26.5 Å². The number of halogens is 4. The van der Waals surface area contributed by atoms with Crippen LogP contribution in [0, 0.1) is 0 Å². The van der Waals surface area contributed by atoms with Crippen LogP contribution in [0.5, 0.6) is 5.75 Å². The largest absolute Gasteiger partial charge is 0.487 e. The summed E-state index contributed by atoms with van der Waals surface area (Å²) in [6.07, 6.45) is 1.03. The van der Waals surface area contributed by atoms with Crippen molar-refractivity contribution < 1.29 is 4.74 Å². The molecule has 0 aliphatic carbocycles. The zero-order valence-corrected chi connectivity index (χ0v) is 19.9. The van der Waals surface area contributed by atoms with Crippen LogP contribution in [-0.4, -0.2) is 0 Å². The van der Waals surface area contributed by atoms with Gasteiger partial charge in [0.05, 0.1) is 4.47 Å². The molecule has 146 valence electrons.